The Morgan fingerprint density at radius 2 is 2.33 bits per heavy atom. The van der Waals surface area contributed by atoms with E-state index in [0.717, 1.165) is 12.8 Å². The van der Waals surface area contributed by atoms with E-state index in [-0.39, 0.29) is 12.3 Å². The Morgan fingerprint density at radius 3 is 3.00 bits per heavy atom. The Kier molecular flexibility index (Phi) is 2.79. The summed E-state index contributed by atoms with van der Waals surface area (Å²) in [5.41, 5.74) is 6.03. The zero-order valence-corrected chi connectivity index (χ0v) is 9.16. The molecule has 84 valence electrons. The first-order valence-electron chi connectivity index (χ1n) is 4.99. The fourth-order valence-corrected chi connectivity index (χ4v) is 3.88. The fraction of sp³-hybridized carbons (Fsp3) is 0.667. The van der Waals surface area contributed by atoms with Crippen molar-refractivity contribution in [3.05, 3.63) is 17.8 Å². The molecule has 5 nitrogen and oxygen atoms in total. The van der Waals surface area contributed by atoms with Crippen molar-refractivity contribution in [1.82, 2.24) is 4.98 Å². The molecule has 0 aromatic carbocycles. The molecule has 6 heteroatoms. The lowest BCUT2D eigenvalue weighted by Crippen LogP contribution is -2.22. The van der Waals surface area contributed by atoms with Gasteiger partial charge in [0.2, 0.25) is 0 Å². The SMILES string of the molecule is NCc1ncoc1C1CCCCS1(=O)=O. The lowest BCUT2D eigenvalue weighted by atomic mass is 10.1. The number of rotatable bonds is 2. The molecule has 2 heterocycles. The molecule has 1 unspecified atom stereocenters. The Morgan fingerprint density at radius 1 is 1.53 bits per heavy atom. The average Bonchev–Trinajstić information content (AvgIpc) is 2.64. The monoisotopic (exact) mass is 230 g/mol. The standard InChI is InChI=1S/C9H14N2O3S/c10-5-7-9(14-6-11-7)8-3-1-2-4-15(8,12)13/h6,8H,1-5,10H2. The van der Waals surface area contributed by atoms with Crippen LogP contribution in [0.5, 0.6) is 0 Å². The maximum Gasteiger partial charge on any atom is 0.181 e. The van der Waals surface area contributed by atoms with Crippen molar-refractivity contribution >= 4 is 9.84 Å². The maximum atomic E-state index is 11.8. The second kappa shape index (κ2) is 3.94. The topological polar surface area (TPSA) is 86.2 Å². The van der Waals surface area contributed by atoms with Gasteiger partial charge in [-0.05, 0) is 12.8 Å². The molecule has 0 bridgehead atoms. The van der Waals surface area contributed by atoms with Gasteiger partial charge in [-0.3, -0.25) is 0 Å². The van der Waals surface area contributed by atoms with E-state index in [1.165, 1.54) is 6.39 Å². The predicted octanol–water partition coefficient (Wildman–Crippen LogP) is 0.773. The summed E-state index contributed by atoms with van der Waals surface area (Å²) in [5.74, 6) is 0.680. The summed E-state index contributed by atoms with van der Waals surface area (Å²) in [5, 5.41) is -0.535. The van der Waals surface area contributed by atoms with Gasteiger partial charge in [-0.15, -0.1) is 0 Å². The minimum Gasteiger partial charge on any atom is -0.447 e. The average molecular weight is 230 g/mol. The third-order valence-corrected chi connectivity index (χ3v) is 4.91. The van der Waals surface area contributed by atoms with Crippen molar-refractivity contribution in [3.8, 4) is 0 Å². The van der Waals surface area contributed by atoms with Crippen LogP contribution in [0.3, 0.4) is 0 Å². The van der Waals surface area contributed by atoms with Crippen LogP contribution in [0.2, 0.25) is 0 Å². The van der Waals surface area contributed by atoms with E-state index < -0.39 is 15.1 Å². The van der Waals surface area contributed by atoms with Gasteiger partial charge in [0.1, 0.15) is 11.0 Å². The molecular formula is C9H14N2O3S. The van der Waals surface area contributed by atoms with Gasteiger partial charge < -0.3 is 10.2 Å². The molecule has 1 saturated heterocycles. The molecule has 1 aromatic rings. The number of sulfone groups is 1. The molecule has 1 aliphatic rings. The van der Waals surface area contributed by atoms with Crippen LogP contribution in [0.4, 0.5) is 0 Å². The summed E-state index contributed by atoms with van der Waals surface area (Å²) in [4.78, 5) is 3.92. The highest BCUT2D eigenvalue weighted by atomic mass is 32.2. The van der Waals surface area contributed by atoms with Crippen molar-refractivity contribution in [1.29, 1.82) is 0 Å². The Labute approximate surface area is 88.6 Å². The van der Waals surface area contributed by atoms with E-state index in [2.05, 4.69) is 4.98 Å². The third-order valence-electron chi connectivity index (χ3n) is 2.74. The third kappa shape index (κ3) is 1.91. The lowest BCUT2D eigenvalue weighted by molar-refractivity contribution is 0.459. The van der Waals surface area contributed by atoms with E-state index in [1.54, 1.807) is 0 Å². The van der Waals surface area contributed by atoms with Gasteiger partial charge in [0, 0.05) is 6.54 Å². The second-order valence-electron chi connectivity index (χ2n) is 3.72. The highest BCUT2D eigenvalue weighted by Crippen LogP contribution is 2.34. The van der Waals surface area contributed by atoms with Gasteiger partial charge in [0.05, 0.1) is 11.4 Å². The van der Waals surface area contributed by atoms with Crippen LogP contribution in [0.25, 0.3) is 0 Å². The van der Waals surface area contributed by atoms with Crippen LogP contribution in [-0.4, -0.2) is 19.2 Å². The highest BCUT2D eigenvalue weighted by molar-refractivity contribution is 7.91. The number of nitrogens with two attached hydrogens (primary N) is 1. The quantitative estimate of drug-likeness (QED) is 0.811. The Bertz CT molecular complexity index is 438. The van der Waals surface area contributed by atoms with Crippen molar-refractivity contribution in [2.24, 2.45) is 5.73 Å². The van der Waals surface area contributed by atoms with E-state index in [9.17, 15) is 8.42 Å². The molecule has 2 rings (SSSR count). The van der Waals surface area contributed by atoms with Crippen LogP contribution < -0.4 is 5.73 Å². The van der Waals surface area contributed by atoms with Crippen molar-refractivity contribution in [2.45, 2.75) is 31.1 Å². The molecule has 0 radical (unpaired) electrons. The molecule has 15 heavy (non-hydrogen) atoms. The largest absolute Gasteiger partial charge is 0.447 e. The molecular weight excluding hydrogens is 216 g/mol. The minimum absolute atomic E-state index is 0.220. The number of hydrogen-bond acceptors (Lipinski definition) is 5. The van der Waals surface area contributed by atoms with Gasteiger partial charge in [0.15, 0.2) is 16.2 Å². The van der Waals surface area contributed by atoms with E-state index in [0.29, 0.717) is 17.9 Å². The van der Waals surface area contributed by atoms with Crippen LogP contribution in [0, 0.1) is 0 Å². The number of hydrogen-bond donors (Lipinski definition) is 1. The first kappa shape index (κ1) is 10.6. The maximum absolute atomic E-state index is 11.8. The van der Waals surface area contributed by atoms with Gasteiger partial charge in [-0.1, -0.05) is 6.42 Å². The van der Waals surface area contributed by atoms with Crippen molar-refractivity contribution in [2.75, 3.05) is 5.75 Å². The number of oxazole rings is 1. The van der Waals surface area contributed by atoms with E-state index >= 15 is 0 Å². The fourth-order valence-electron chi connectivity index (χ4n) is 1.94. The summed E-state index contributed by atoms with van der Waals surface area (Å²) >= 11 is 0. The molecule has 1 aliphatic heterocycles. The van der Waals surface area contributed by atoms with Crippen LogP contribution >= 0.6 is 0 Å². The molecule has 1 fully saturated rings. The first-order chi connectivity index (χ1) is 7.15. The van der Waals surface area contributed by atoms with Crippen LogP contribution in [0.15, 0.2) is 10.8 Å². The zero-order chi connectivity index (χ0) is 10.9. The van der Waals surface area contributed by atoms with Crippen molar-refractivity contribution < 1.29 is 12.8 Å². The molecule has 1 aromatic heterocycles. The summed E-state index contributed by atoms with van der Waals surface area (Å²) in [6.07, 6.45) is 3.53. The first-order valence-corrected chi connectivity index (χ1v) is 6.70. The van der Waals surface area contributed by atoms with Gasteiger partial charge >= 0.3 is 0 Å². The normalized spacial score (nSPS) is 25.3. The van der Waals surface area contributed by atoms with E-state index in [4.69, 9.17) is 10.2 Å². The molecule has 0 amide bonds. The van der Waals surface area contributed by atoms with Crippen LogP contribution in [0.1, 0.15) is 36.0 Å². The number of nitrogens with zero attached hydrogens (tertiary/aromatic N) is 1. The van der Waals surface area contributed by atoms with Gasteiger partial charge in [0.25, 0.3) is 0 Å². The number of aromatic nitrogens is 1. The molecule has 1 atom stereocenters. The van der Waals surface area contributed by atoms with E-state index in [1.807, 2.05) is 0 Å². The van der Waals surface area contributed by atoms with Crippen molar-refractivity contribution in [3.63, 3.8) is 0 Å². The van der Waals surface area contributed by atoms with Crippen LogP contribution in [-0.2, 0) is 16.4 Å². The second-order valence-corrected chi connectivity index (χ2v) is 6.02. The molecule has 0 aliphatic carbocycles. The summed E-state index contributed by atoms with van der Waals surface area (Å²) in [7, 11) is -3.07. The lowest BCUT2D eigenvalue weighted by Gasteiger charge is -2.20. The van der Waals surface area contributed by atoms with Gasteiger partial charge in [-0.25, -0.2) is 13.4 Å². The predicted molar refractivity (Wildman–Crippen MR) is 54.8 cm³/mol. The zero-order valence-electron chi connectivity index (χ0n) is 8.35. The minimum atomic E-state index is -3.07. The summed E-state index contributed by atoms with van der Waals surface area (Å²) < 4.78 is 28.8. The smallest absolute Gasteiger partial charge is 0.181 e. The summed E-state index contributed by atoms with van der Waals surface area (Å²) in [6, 6.07) is 0. The Balaban J connectivity index is 2.37. The highest BCUT2D eigenvalue weighted by Gasteiger charge is 2.34. The Hall–Kier alpha value is -0.880. The molecule has 0 saturated carbocycles. The molecule has 0 spiro atoms. The molecule has 2 N–H and O–H groups in total. The van der Waals surface area contributed by atoms with Gasteiger partial charge in [-0.2, -0.15) is 0 Å². The summed E-state index contributed by atoms with van der Waals surface area (Å²) in [6.45, 7) is 0.220.